The monoisotopic (exact) mass is 491 g/mol. The van der Waals surface area contributed by atoms with Gasteiger partial charge in [0.2, 0.25) is 0 Å². The van der Waals surface area contributed by atoms with E-state index in [1.54, 1.807) is 49.9 Å². The zero-order valence-electron chi connectivity index (χ0n) is 20.8. The Kier molecular flexibility index (Phi) is 6.67. The van der Waals surface area contributed by atoms with Gasteiger partial charge in [0.1, 0.15) is 10.6 Å². The lowest BCUT2D eigenvalue weighted by Crippen LogP contribution is -2.39. The zero-order valence-corrected chi connectivity index (χ0v) is 21.7. The van der Waals surface area contributed by atoms with Crippen molar-refractivity contribution in [3.63, 3.8) is 0 Å². The fourth-order valence-corrected chi connectivity index (χ4v) is 5.43. The van der Waals surface area contributed by atoms with Gasteiger partial charge in [0.05, 0.1) is 29.1 Å². The maximum absolute atomic E-state index is 13.8. The van der Waals surface area contributed by atoms with Crippen molar-refractivity contribution >= 4 is 27.5 Å². The fraction of sp³-hybridized carbons (Fsp3) is 0.296. The number of nitrogens with zero attached hydrogens (tertiary/aromatic N) is 3. The molecule has 0 N–H and O–H groups in total. The number of carbonyl (C=O) groups excluding carboxylic acids is 1. The Labute approximate surface area is 207 Å². The number of benzene rings is 2. The molecule has 182 valence electrons. The molecule has 0 atom stereocenters. The van der Waals surface area contributed by atoms with Gasteiger partial charge in [-0.15, -0.1) is 11.3 Å². The molecule has 0 spiro atoms. The van der Waals surface area contributed by atoms with Gasteiger partial charge < -0.3 is 9.64 Å². The first kappa shape index (κ1) is 24.5. The lowest BCUT2D eigenvalue weighted by Gasteiger charge is -2.14. The number of fused-ring (bicyclic) bond motifs is 1. The number of hydrogen-bond donors (Lipinski definition) is 0. The number of aromatic nitrogens is 2. The van der Waals surface area contributed by atoms with Crippen LogP contribution in [0.1, 0.15) is 38.8 Å². The van der Waals surface area contributed by atoms with Gasteiger partial charge in [-0.2, -0.15) is 0 Å². The largest absolute Gasteiger partial charge is 0.494 e. The van der Waals surface area contributed by atoms with Crippen molar-refractivity contribution < 1.29 is 9.53 Å². The zero-order chi connectivity index (χ0) is 25.4. The summed E-state index contributed by atoms with van der Waals surface area (Å²) in [6, 6.07) is 13.0. The van der Waals surface area contributed by atoms with Gasteiger partial charge in [-0.3, -0.25) is 14.2 Å². The molecule has 0 bridgehead atoms. The lowest BCUT2D eigenvalue weighted by molar-refractivity contribution is 0.0831. The maximum Gasteiger partial charge on any atom is 0.337 e. The van der Waals surface area contributed by atoms with Gasteiger partial charge in [-0.25, -0.2) is 9.36 Å². The van der Waals surface area contributed by atoms with Gasteiger partial charge in [0.25, 0.3) is 11.5 Å². The van der Waals surface area contributed by atoms with Crippen LogP contribution >= 0.6 is 11.3 Å². The molecule has 2 heterocycles. The van der Waals surface area contributed by atoms with Crippen molar-refractivity contribution in [1.82, 2.24) is 14.0 Å². The molecule has 0 radical (unpaired) electrons. The minimum absolute atomic E-state index is 0.193. The van der Waals surface area contributed by atoms with E-state index in [2.05, 4.69) is 0 Å². The molecular formula is C27H29N3O4S. The normalized spacial score (nSPS) is 11.1. The minimum atomic E-state index is -0.447. The quantitative estimate of drug-likeness (QED) is 0.403. The van der Waals surface area contributed by atoms with E-state index in [1.807, 2.05) is 39.0 Å². The van der Waals surface area contributed by atoms with Crippen LogP contribution in [-0.2, 0) is 6.54 Å². The van der Waals surface area contributed by atoms with E-state index >= 15 is 0 Å². The average molecular weight is 492 g/mol. The molecule has 8 heteroatoms. The van der Waals surface area contributed by atoms with E-state index in [0.29, 0.717) is 38.7 Å². The summed E-state index contributed by atoms with van der Waals surface area (Å²) in [6.07, 6.45) is 0. The van der Waals surface area contributed by atoms with Crippen LogP contribution in [0.15, 0.2) is 52.1 Å². The van der Waals surface area contributed by atoms with E-state index in [9.17, 15) is 14.4 Å². The molecule has 0 unspecified atom stereocenters. The van der Waals surface area contributed by atoms with Gasteiger partial charge in [-0.1, -0.05) is 23.8 Å². The van der Waals surface area contributed by atoms with Crippen LogP contribution in [0, 0.1) is 20.8 Å². The van der Waals surface area contributed by atoms with E-state index in [1.165, 1.54) is 20.8 Å². The predicted molar refractivity (Wildman–Crippen MR) is 141 cm³/mol. The summed E-state index contributed by atoms with van der Waals surface area (Å²) in [5.41, 5.74) is 3.27. The number of hydrogen-bond acceptors (Lipinski definition) is 5. The molecule has 2 aromatic heterocycles. The molecule has 0 aliphatic rings. The fourth-order valence-electron chi connectivity index (χ4n) is 4.12. The van der Waals surface area contributed by atoms with Gasteiger partial charge >= 0.3 is 5.69 Å². The number of amides is 1. The third-order valence-electron chi connectivity index (χ3n) is 6.05. The van der Waals surface area contributed by atoms with Crippen molar-refractivity contribution in [1.29, 1.82) is 0 Å². The third kappa shape index (κ3) is 4.41. The van der Waals surface area contributed by atoms with Crippen LogP contribution in [0.25, 0.3) is 15.9 Å². The van der Waals surface area contributed by atoms with Gasteiger partial charge in [0, 0.05) is 14.1 Å². The summed E-state index contributed by atoms with van der Waals surface area (Å²) < 4.78 is 8.31. The lowest BCUT2D eigenvalue weighted by atomic mass is 10.1. The Hall–Kier alpha value is -3.65. The topological polar surface area (TPSA) is 73.5 Å². The summed E-state index contributed by atoms with van der Waals surface area (Å²) in [5.74, 6) is 0.466. The van der Waals surface area contributed by atoms with Crippen LogP contribution in [0.4, 0.5) is 0 Å². The first-order chi connectivity index (χ1) is 16.6. The van der Waals surface area contributed by atoms with Crippen LogP contribution in [0.2, 0.25) is 0 Å². The SMILES string of the molecule is CCOc1ccc(-n2c(=O)c3c(C)c(C(=O)N(C)C)sc3n(Cc3cc(C)ccc3C)c2=O)cc1. The average Bonchev–Trinajstić information content (AvgIpc) is 3.16. The van der Waals surface area contributed by atoms with Crippen LogP contribution in [0.3, 0.4) is 0 Å². The summed E-state index contributed by atoms with van der Waals surface area (Å²) >= 11 is 1.20. The van der Waals surface area contributed by atoms with Gasteiger partial charge in [0.15, 0.2) is 0 Å². The molecule has 0 aliphatic heterocycles. The highest BCUT2D eigenvalue weighted by Gasteiger charge is 2.24. The Balaban J connectivity index is 2.04. The van der Waals surface area contributed by atoms with Crippen molar-refractivity contribution in [2.75, 3.05) is 20.7 Å². The maximum atomic E-state index is 13.8. The second kappa shape index (κ2) is 9.54. The van der Waals surface area contributed by atoms with Crippen LogP contribution in [-0.4, -0.2) is 40.6 Å². The Morgan fingerprint density at radius 1 is 1.03 bits per heavy atom. The second-order valence-corrected chi connectivity index (χ2v) is 9.80. The highest BCUT2D eigenvalue weighted by molar-refractivity contribution is 7.20. The molecule has 1 amide bonds. The van der Waals surface area contributed by atoms with E-state index in [4.69, 9.17) is 4.74 Å². The predicted octanol–water partition coefficient (Wildman–Crippen LogP) is 4.29. The highest BCUT2D eigenvalue weighted by atomic mass is 32.1. The minimum Gasteiger partial charge on any atom is -0.494 e. The number of carbonyl (C=O) groups is 1. The summed E-state index contributed by atoms with van der Waals surface area (Å²) in [6.45, 7) is 8.47. The molecule has 7 nitrogen and oxygen atoms in total. The van der Waals surface area contributed by atoms with E-state index < -0.39 is 11.2 Å². The van der Waals surface area contributed by atoms with E-state index in [0.717, 1.165) is 16.7 Å². The van der Waals surface area contributed by atoms with Gasteiger partial charge in [-0.05, 0) is 68.7 Å². The number of ether oxygens (including phenoxy) is 1. The smallest absolute Gasteiger partial charge is 0.337 e. The molecule has 0 fully saturated rings. The Morgan fingerprint density at radius 2 is 1.71 bits per heavy atom. The number of thiophene rings is 1. The van der Waals surface area contributed by atoms with Crippen molar-refractivity contribution in [2.24, 2.45) is 0 Å². The van der Waals surface area contributed by atoms with Crippen LogP contribution in [0.5, 0.6) is 5.75 Å². The third-order valence-corrected chi connectivity index (χ3v) is 7.35. The highest BCUT2D eigenvalue weighted by Crippen LogP contribution is 2.30. The molecule has 4 rings (SSSR count). The molecule has 4 aromatic rings. The molecule has 2 aromatic carbocycles. The molecule has 0 saturated carbocycles. The summed E-state index contributed by atoms with van der Waals surface area (Å²) in [5, 5.41) is 0.388. The standard InChI is InChI=1S/C27H29N3O4S/c1-7-34-21-12-10-20(11-13-21)30-24(31)22-18(4)23(25(32)28(5)6)35-26(22)29(27(30)33)15-19-14-16(2)8-9-17(19)3/h8-14H,7,15H2,1-6H3. The van der Waals surface area contributed by atoms with E-state index in [-0.39, 0.29) is 12.5 Å². The molecule has 0 aliphatic carbocycles. The first-order valence-corrected chi connectivity index (χ1v) is 12.3. The second-order valence-electron chi connectivity index (χ2n) is 8.80. The molecule has 0 saturated heterocycles. The Bertz CT molecular complexity index is 1540. The number of aryl methyl sites for hydroxylation is 3. The van der Waals surface area contributed by atoms with Crippen molar-refractivity contribution in [2.45, 2.75) is 34.2 Å². The Morgan fingerprint density at radius 3 is 2.34 bits per heavy atom. The van der Waals surface area contributed by atoms with Crippen LogP contribution < -0.4 is 16.0 Å². The first-order valence-electron chi connectivity index (χ1n) is 11.4. The number of rotatable bonds is 6. The summed E-state index contributed by atoms with van der Waals surface area (Å²) in [7, 11) is 3.35. The van der Waals surface area contributed by atoms with Crippen molar-refractivity contribution in [3.05, 3.63) is 90.4 Å². The molecule has 35 heavy (non-hydrogen) atoms. The van der Waals surface area contributed by atoms with Crippen molar-refractivity contribution in [3.8, 4) is 11.4 Å². The summed E-state index contributed by atoms with van der Waals surface area (Å²) in [4.78, 5) is 42.9. The molecular weight excluding hydrogens is 462 g/mol.